The third-order valence-electron chi connectivity index (χ3n) is 2.57. The van der Waals surface area contributed by atoms with Crippen molar-refractivity contribution < 1.29 is 0 Å². The molecule has 0 aliphatic carbocycles. The Labute approximate surface area is 117 Å². The minimum absolute atomic E-state index is 0.0574. The summed E-state index contributed by atoms with van der Waals surface area (Å²) in [4.78, 5) is 0. The molecule has 0 amide bonds. The van der Waals surface area contributed by atoms with Gasteiger partial charge in [-0.25, -0.2) is 0 Å². The predicted octanol–water partition coefficient (Wildman–Crippen LogP) is 1.74. The van der Waals surface area contributed by atoms with E-state index in [-0.39, 0.29) is 31.5 Å². The molecule has 0 saturated heterocycles. The van der Waals surface area contributed by atoms with Gasteiger partial charge in [0.1, 0.15) is 0 Å². The van der Waals surface area contributed by atoms with Gasteiger partial charge in [-0.2, -0.15) is 0 Å². The van der Waals surface area contributed by atoms with Crippen molar-refractivity contribution in [3.8, 4) is 0 Å². The third-order valence-corrected chi connectivity index (χ3v) is 10.5. The fourth-order valence-corrected chi connectivity index (χ4v) is 8.17. The van der Waals surface area contributed by atoms with Gasteiger partial charge in [-0.15, -0.1) is 0 Å². The van der Waals surface area contributed by atoms with Crippen molar-refractivity contribution in [3.05, 3.63) is 60.7 Å². The Kier molecular flexibility index (Phi) is 5.42. The van der Waals surface area contributed by atoms with Gasteiger partial charge in [0.2, 0.25) is 0 Å². The Morgan fingerprint density at radius 1 is 0.824 bits per heavy atom. The molecule has 2 heteroatoms. The number of hydrogen-bond donors (Lipinski definition) is 0. The van der Waals surface area contributed by atoms with E-state index in [4.69, 9.17) is 0 Å². The molecule has 0 fully saturated rings. The first-order valence-corrected chi connectivity index (χ1v) is 10.7. The van der Waals surface area contributed by atoms with Gasteiger partial charge in [0.05, 0.1) is 0 Å². The molecule has 0 N–H and O–H groups in total. The van der Waals surface area contributed by atoms with Crippen molar-refractivity contribution in [2.45, 2.75) is 16.8 Å². The fourth-order valence-electron chi connectivity index (χ4n) is 1.70. The molecule has 88 valence electrons. The van der Waals surface area contributed by atoms with Gasteiger partial charge in [-0.1, -0.05) is 0 Å². The molecule has 0 bridgehead atoms. The zero-order valence-corrected chi connectivity index (χ0v) is 14.3. The van der Waals surface area contributed by atoms with Crippen LogP contribution in [0, 0.1) is 0 Å². The standard InChI is InChI=1S/C15H18As2/c1-13(17-15-10-6-3-7-11-15)12-16-14-8-4-2-5-9-14/h2-11,13,16-17H,12H2,1H3. The van der Waals surface area contributed by atoms with Crippen molar-refractivity contribution >= 4 is 40.2 Å². The van der Waals surface area contributed by atoms with Gasteiger partial charge in [0.15, 0.2) is 0 Å². The maximum atomic E-state index is 2.43. The second kappa shape index (κ2) is 7.09. The van der Waals surface area contributed by atoms with E-state index in [0.29, 0.717) is 0 Å². The van der Waals surface area contributed by atoms with Gasteiger partial charge in [-0.3, -0.25) is 0 Å². The van der Waals surface area contributed by atoms with Crippen molar-refractivity contribution in [2.24, 2.45) is 0 Å². The Balaban J connectivity index is 1.80. The van der Waals surface area contributed by atoms with Gasteiger partial charge >= 0.3 is 118 Å². The van der Waals surface area contributed by atoms with E-state index in [9.17, 15) is 0 Å². The van der Waals surface area contributed by atoms with Crippen LogP contribution >= 0.6 is 0 Å². The van der Waals surface area contributed by atoms with Crippen LogP contribution in [0.25, 0.3) is 0 Å². The summed E-state index contributed by atoms with van der Waals surface area (Å²) in [6, 6.07) is 22.0. The first-order chi connectivity index (χ1) is 8.34. The molecule has 2 aromatic carbocycles. The molecule has 0 radical (unpaired) electrons. The van der Waals surface area contributed by atoms with E-state index < -0.39 is 0 Å². The fraction of sp³-hybridized carbons (Fsp3) is 0.200. The molecular formula is C15H18As2. The summed E-state index contributed by atoms with van der Waals surface area (Å²) in [7, 11) is 0. The third kappa shape index (κ3) is 4.74. The summed E-state index contributed by atoms with van der Waals surface area (Å²) in [5.41, 5.74) is 0. The average molecular weight is 348 g/mol. The molecule has 17 heavy (non-hydrogen) atoms. The van der Waals surface area contributed by atoms with Crippen molar-refractivity contribution in [1.29, 1.82) is 0 Å². The Bertz CT molecular complexity index is 425. The molecular weight excluding hydrogens is 330 g/mol. The Hall–Kier alpha value is -0.443. The van der Waals surface area contributed by atoms with Crippen LogP contribution < -0.4 is 8.70 Å². The second-order valence-corrected chi connectivity index (χ2v) is 10.9. The first kappa shape index (κ1) is 13.0. The summed E-state index contributed by atoms with van der Waals surface area (Å²) >= 11 is 0.140. The summed E-state index contributed by atoms with van der Waals surface area (Å²) < 4.78 is 4.12. The van der Waals surface area contributed by atoms with E-state index in [0.717, 1.165) is 4.71 Å². The predicted molar refractivity (Wildman–Crippen MR) is 80.7 cm³/mol. The minimum atomic E-state index is 0.0574. The Morgan fingerprint density at radius 2 is 1.35 bits per heavy atom. The molecule has 3 unspecified atom stereocenters. The van der Waals surface area contributed by atoms with E-state index in [2.05, 4.69) is 67.6 Å². The summed E-state index contributed by atoms with van der Waals surface area (Å²) in [6.07, 6.45) is 0. The molecule has 3 atom stereocenters. The van der Waals surface area contributed by atoms with Crippen LogP contribution in [0.3, 0.4) is 0 Å². The molecule has 0 aliphatic heterocycles. The number of rotatable bonds is 5. The van der Waals surface area contributed by atoms with Gasteiger partial charge in [0.25, 0.3) is 0 Å². The normalized spacial score (nSPS) is 13.7. The van der Waals surface area contributed by atoms with E-state index in [1.165, 1.54) is 5.21 Å². The van der Waals surface area contributed by atoms with Crippen LogP contribution in [0.2, 0.25) is 9.91 Å². The Morgan fingerprint density at radius 3 is 1.94 bits per heavy atom. The van der Waals surface area contributed by atoms with Crippen LogP contribution in [0.5, 0.6) is 0 Å². The quantitative estimate of drug-likeness (QED) is 0.723. The van der Waals surface area contributed by atoms with Crippen molar-refractivity contribution in [1.82, 2.24) is 0 Å². The van der Waals surface area contributed by atoms with Crippen LogP contribution in [-0.4, -0.2) is 31.5 Å². The van der Waals surface area contributed by atoms with Gasteiger partial charge in [-0.05, 0) is 0 Å². The molecule has 0 aliphatic rings. The molecule has 2 aromatic rings. The van der Waals surface area contributed by atoms with Crippen molar-refractivity contribution in [2.75, 3.05) is 0 Å². The van der Waals surface area contributed by atoms with E-state index >= 15 is 0 Å². The maximum absolute atomic E-state index is 2.43. The number of benzene rings is 2. The zero-order valence-electron chi connectivity index (χ0n) is 10.1. The molecule has 2 rings (SSSR count). The topological polar surface area (TPSA) is 0 Å². The molecule has 0 spiro atoms. The van der Waals surface area contributed by atoms with E-state index in [1.54, 1.807) is 8.70 Å². The summed E-state index contributed by atoms with van der Waals surface area (Å²) in [5, 5.41) is 1.44. The van der Waals surface area contributed by atoms with Crippen LogP contribution in [0.1, 0.15) is 6.92 Å². The van der Waals surface area contributed by atoms with Crippen LogP contribution in [0.4, 0.5) is 0 Å². The monoisotopic (exact) mass is 348 g/mol. The molecule has 0 saturated carbocycles. The van der Waals surface area contributed by atoms with E-state index in [1.807, 2.05) is 0 Å². The van der Waals surface area contributed by atoms with Crippen LogP contribution in [-0.2, 0) is 0 Å². The first-order valence-electron chi connectivity index (χ1n) is 5.95. The van der Waals surface area contributed by atoms with Crippen molar-refractivity contribution in [3.63, 3.8) is 0 Å². The van der Waals surface area contributed by atoms with Gasteiger partial charge in [0, 0.05) is 0 Å². The summed E-state index contributed by atoms with van der Waals surface area (Å²) in [6.45, 7) is 2.43. The second-order valence-electron chi connectivity index (χ2n) is 4.16. The molecule has 0 nitrogen and oxygen atoms in total. The SMILES string of the molecule is CC(C[AsH]c1ccccc1)[AsH]c1ccccc1. The average Bonchev–Trinajstić information content (AvgIpc) is 2.39. The van der Waals surface area contributed by atoms with Crippen LogP contribution in [0.15, 0.2) is 60.7 Å². The summed E-state index contributed by atoms with van der Waals surface area (Å²) in [5.74, 6) is 0. The van der Waals surface area contributed by atoms with Gasteiger partial charge < -0.3 is 0 Å². The molecule has 0 aromatic heterocycles. The molecule has 0 heterocycles. The zero-order chi connectivity index (χ0) is 11.9. The number of hydrogen-bond acceptors (Lipinski definition) is 0.